The summed E-state index contributed by atoms with van der Waals surface area (Å²) in [6, 6.07) is 16.4. The molecule has 0 amide bonds. The normalized spacial score (nSPS) is 16.9. The molecule has 0 radical (unpaired) electrons. The van der Waals surface area contributed by atoms with E-state index in [0.29, 0.717) is 0 Å². The zero-order chi connectivity index (χ0) is 13.2. The van der Waals surface area contributed by atoms with Crippen molar-refractivity contribution in [2.24, 2.45) is 5.73 Å². The number of hydrogen-bond donors (Lipinski definition) is 1. The lowest BCUT2D eigenvalue weighted by Crippen LogP contribution is -2.14. The highest BCUT2D eigenvalue weighted by molar-refractivity contribution is 6.30. The Kier molecular flexibility index (Phi) is 3.58. The van der Waals surface area contributed by atoms with E-state index in [1.54, 1.807) is 0 Å². The molecule has 2 aromatic carbocycles. The second-order valence-electron chi connectivity index (χ2n) is 5.33. The smallest absolute Gasteiger partial charge is 0.0552 e. The van der Waals surface area contributed by atoms with Crippen molar-refractivity contribution >= 4 is 11.6 Å². The molecule has 0 heterocycles. The van der Waals surface area contributed by atoms with Crippen molar-refractivity contribution in [1.29, 1.82) is 0 Å². The highest BCUT2D eigenvalue weighted by atomic mass is 35.5. The van der Waals surface area contributed by atoms with Crippen LogP contribution in [0.2, 0.25) is 5.02 Å². The first-order valence-corrected chi connectivity index (χ1v) is 7.23. The Labute approximate surface area is 119 Å². The summed E-state index contributed by atoms with van der Waals surface area (Å²) >= 11 is 6.03. The van der Waals surface area contributed by atoms with Crippen molar-refractivity contribution in [3.63, 3.8) is 0 Å². The molecule has 1 unspecified atom stereocenters. The lowest BCUT2D eigenvalue weighted by atomic mass is 9.79. The first-order chi connectivity index (χ1) is 9.24. The fourth-order valence-corrected chi connectivity index (χ4v) is 2.84. The zero-order valence-electron chi connectivity index (χ0n) is 10.9. The summed E-state index contributed by atoms with van der Waals surface area (Å²) in [4.78, 5) is 0. The molecule has 0 bridgehead atoms. The van der Waals surface area contributed by atoms with Crippen LogP contribution in [0.5, 0.6) is 0 Å². The molecule has 3 rings (SSSR count). The fraction of sp³-hybridized carbons (Fsp3) is 0.294. The molecule has 1 fully saturated rings. The first-order valence-electron chi connectivity index (χ1n) is 6.85. The lowest BCUT2D eigenvalue weighted by molar-refractivity contribution is 0.419. The molecule has 1 saturated carbocycles. The average Bonchev–Trinajstić information content (AvgIpc) is 2.36. The number of nitrogens with two attached hydrogens (primary N) is 1. The van der Waals surface area contributed by atoms with Crippen LogP contribution in [0, 0.1) is 0 Å². The fourth-order valence-electron chi connectivity index (χ4n) is 2.64. The molecule has 98 valence electrons. The standard InChI is InChI=1S/C17H18ClN/c18-16-9-3-8-15(11-16)17(19)14-7-2-6-13(10-14)12-4-1-5-12/h2-3,6-12,17H,1,4-5,19H2. The molecule has 1 atom stereocenters. The lowest BCUT2D eigenvalue weighted by Gasteiger charge is -2.26. The summed E-state index contributed by atoms with van der Waals surface area (Å²) in [5.41, 5.74) is 10.0. The third-order valence-corrected chi connectivity index (χ3v) is 4.29. The summed E-state index contributed by atoms with van der Waals surface area (Å²) in [6.07, 6.45) is 3.99. The Hall–Kier alpha value is -1.31. The van der Waals surface area contributed by atoms with Crippen molar-refractivity contribution in [3.8, 4) is 0 Å². The van der Waals surface area contributed by atoms with E-state index in [4.69, 9.17) is 17.3 Å². The maximum atomic E-state index is 6.36. The molecule has 2 N–H and O–H groups in total. The molecular formula is C17H18ClN. The van der Waals surface area contributed by atoms with Crippen LogP contribution in [0.15, 0.2) is 48.5 Å². The van der Waals surface area contributed by atoms with Crippen molar-refractivity contribution in [3.05, 3.63) is 70.2 Å². The zero-order valence-corrected chi connectivity index (χ0v) is 11.6. The minimum atomic E-state index is -0.0984. The number of benzene rings is 2. The third-order valence-electron chi connectivity index (χ3n) is 4.05. The Bertz CT molecular complexity index is 575. The number of halogens is 1. The van der Waals surface area contributed by atoms with Crippen LogP contribution in [0.3, 0.4) is 0 Å². The second kappa shape index (κ2) is 5.36. The molecule has 19 heavy (non-hydrogen) atoms. The highest BCUT2D eigenvalue weighted by Crippen LogP contribution is 2.37. The van der Waals surface area contributed by atoms with Crippen molar-refractivity contribution in [2.75, 3.05) is 0 Å². The maximum absolute atomic E-state index is 6.36. The Morgan fingerprint density at radius 1 is 1.00 bits per heavy atom. The van der Waals surface area contributed by atoms with E-state index < -0.39 is 0 Å². The van der Waals surface area contributed by atoms with Gasteiger partial charge in [0.15, 0.2) is 0 Å². The molecule has 0 aromatic heterocycles. The molecule has 1 aliphatic carbocycles. The van der Waals surface area contributed by atoms with E-state index in [1.165, 1.54) is 30.4 Å². The molecule has 0 saturated heterocycles. The van der Waals surface area contributed by atoms with Gasteiger partial charge in [-0.15, -0.1) is 0 Å². The molecular weight excluding hydrogens is 254 g/mol. The van der Waals surface area contributed by atoms with Gasteiger partial charge in [0.25, 0.3) is 0 Å². The summed E-state index contributed by atoms with van der Waals surface area (Å²) in [5.74, 6) is 0.742. The summed E-state index contributed by atoms with van der Waals surface area (Å²) < 4.78 is 0. The van der Waals surface area contributed by atoms with Crippen molar-refractivity contribution < 1.29 is 0 Å². The molecule has 1 aliphatic rings. The van der Waals surface area contributed by atoms with Crippen molar-refractivity contribution in [2.45, 2.75) is 31.2 Å². The predicted octanol–water partition coefficient (Wildman–Crippen LogP) is 4.66. The first kappa shape index (κ1) is 12.7. The largest absolute Gasteiger partial charge is 0.320 e. The quantitative estimate of drug-likeness (QED) is 0.864. The van der Waals surface area contributed by atoms with Crippen molar-refractivity contribution in [1.82, 2.24) is 0 Å². The van der Waals surface area contributed by atoms with Crippen LogP contribution in [0.25, 0.3) is 0 Å². The summed E-state index contributed by atoms with van der Waals surface area (Å²) in [7, 11) is 0. The van der Waals surface area contributed by atoms with Crippen LogP contribution in [-0.2, 0) is 0 Å². The van der Waals surface area contributed by atoms with Gasteiger partial charge < -0.3 is 5.73 Å². The van der Waals surface area contributed by atoms with Gasteiger partial charge in [0.2, 0.25) is 0 Å². The molecule has 2 aromatic rings. The van der Waals surface area contributed by atoms with Crippen LogP contribution < -0.4 is 5.73 Å². The van der Waals surface area contributed by atoms with Crippen LogP contribution >= 0.6 is 11.6 Å². The van der Waals surface area contributed by atoms with Gasteiger partial charge in [0.1, 0.15) is 0 Å². The molecule has 1 nitrogen and oxygen atoms in total. The molecule has 0 spiro atoms. The maximum Gasteiger partial charge on any atom is 0.0552 e. The van der Waals surface area contributed by atoms with Gasteiger partial charge in [-0.05, 0) is 47.6 Å². The molecule has 2 heteroatoms. The van der Waals surface area contributed by atoms with E-state index in [0.717, 1.165) is 16.5 Å². The van der Waals surface area contributed by atoms with Gasteiger partial charge in [0.05, 0.1) is 6.04 Å². The average molecular weight is 272 g/mol. The van der Waals surface area contributed by atoms with Gasteiger partial charge in [0, 0.05) is 5.02 Å². The Morgan fingerprint density at radius 3 is 2.32 bits per heavy atom. The monoisotopic (exact) mass is 271 g/mol. The highest BCUT2D eigenvalue weighted by Gasteiger charge is 2.20. The van der Waals surface area contributed by atoms with E-state index in [-0.39, 0.29) is 6.04 Å². The Morgan fingerprint density at radius 2 is 1.68 bits per heavy atom. The van der Waals surface area contributed by atoms with E-state index in [1.807, 2.05) is 24.3 Å². The molecule has 0 aliphatic heterocycles. The van der Waals surface area contributed by atoms with E-state index in [2.05, 4.69) is 24.3 Å². The van der Waals surface area contributed by atoms with E-state index in [9.17, 15) is 0 Å². The topological polar surface area (TPSA) is 26.0 Å². The van der Waals surface area contributed by atoms with Gasteiger partial charge in [-0.3, -0.25) is 0 Å². The summed E-state index contributed by atoms with van der Waals surface area (Å²) in [5, 5.41) is 0.739. The number of rotatable bonds is 3. The van der Waals surface area contributed by atoms with Gasteiger partial charge >= 0.3 is 0 Å². The second-order valence-corrected chi connectivity index (χ2v) is 5.77. The van der Waals surface area contributed by atoms with Crippen LogP contribution in [0.4, 0.5) is 0 Å². The third kappa shape index (κ3) is 2.68. The summed E-state index contributed by atoms with van der Waals surface area (Å²) in [6.45, 7) is 0. The van der Waals surface area contributed by atoms with Crippen LogP contribution in [0.1, 0.15) is 47.9 Å². The minimum Gasteiger partial charge on any atom is -0.320 e. The SMILES string of the molecule is NC(c1cccc(Cl)c1)c1cccc(C2CCC2)c1. The predicted molar refractivity (Wildman–Crippen MR) is 80.5 cm³/mol. The van der Waals surface area contributed by atoms with E-state index >= 15 is 0 Å². The van der Waals surface area contributed by atoms with Gasteiger partial charge in [-0.25, -0.2) is 0 Å². The Balaban J connectivity index is 1.88. The van der Waals surface area contributed by atoms with Gasteiger partial charge in [-0.2, -0.15) is 0 Å². The van der Waals surface area contributed by atoms with Crippen LogP contribution in [-0.4, -0.2) is 0 Å². The minimum absolute atomic E-state index is 0.0984. The number of hydrogen-bond acceptors (Lipinski definition) is 1. The van der Waals surface area contributed by atoms with Gasteiger partial charge in [-0.1, -0.05) is 54.4 Å².